The summed E-state index contributed by atoms with van der Waals surface area (Å²) in [6.07, 6.45) is 1.14. The Bertz CT molecular complexity index is 452. The van der Waals surface area contributed by atoms with Crippen molar-refractivity contribution in [3.63, 3.8) is 0 Å². The Morgan fingerprint density at radius 2 is 2.16 bits per heavy atom. The molecule has 0 saturated carbocycles. The van der Waals surface area contributed by atoms with Crippen LogP contribution in [0.2, 0.25) is 0 Å². The molecule has 1 saturated heterocycles. The van der Waals surface area contributed by atoms with Gasteiger partial charge in [-0.2, -0.15) is 5.26 Å². The molecule has 0 radical (unpaired) electrons. The third-order valence-electron chi connectivity index (χ3n) is 3.87. The Morgan fingerprint density at radius 1 is 1.37 bits per heavy atom. The third kappa shape index (κ3) is 3.25. The van der Waals surface area contributed by atoms with Crippen LogP contribution in [-0.2, 0) is 0 Å². The highest BCUT2D eigenvalue weighted by Crippen LogP contribution is 2.23. The summed E-state index contributed by atoms with van der Waals surface area (Å²) in [5.41, 5.74) is 1.85. The lowest BCUT2D eigenvalue weighted by atomic mass is 10.1. The Labute approximate surface area is 115 Å². The number of hydrogen-bond donors (Lipinski definition) is 1. The maximum absolute atomic E-state index is 9.21. The molecular formula is C15H22N4. The van der Waals surface area contributed by atoms with E-state index in [0.29, 0.717) is 6.04 Å². The molecule has 19 heavy (non-hydrogen) atoms. The van der Waals surface area contributed by atoms with Gasteiger partial charge in [-0.1, -0.05) is 12.1 Å². The highest BCUT2D eigenvalue weighted by atomic mass is 15.3. The van der Waals surface area contributed by atoms with Crippen molar-refractivity contribution in [2.75, 3.05) is 45.2 Å². The SMILES string of the molecule is CNCCC1CN(c2ccccc2C#N)CCN1C. The van der Waals surface area contributed by atoms with Gasteiger partial charge in [-0.3, -0.25) is 4.90 Å². The summed E-state index contributed by atoms with van der Waals surface area (Å²) in [6.45, 7) is 4.07. The maximum Gasteiger partial charge on any atom is 0.101 e. The number of nitriles is 1. The van der Waals surface area contributed by atoms with E-state index in [1.807, 2.05) is 25.2 Å². The second-order valence-electron chi connectivity index (χ2n) is 5.10. The molecule has 0 bridgehead atoms. The number of piperazine rings is 1. The Balaban J connectivity index is 2.11. The number of nitrogens with one attached hydrogen (secondary N) is 1. The van der Waals surface area contributed by atoms with Gasteiger partial charge in [0.05, 0.1) is 11.3 Å². The van der Waals surface area contributed by atoms with Crippen LogP contribution < -0.4 is 10.2 Å². The molecule has 0 aliphatic carbocycles. The quantitative estimate of drug-likeness (QED) is 0.883. The molecule has 1 heterocycles. The van der Waals surface area contributed by atoms with Gasteiger partial charge in [-0.05, 0) is 39.2 Å². The van der Waals surface area contributed by atoms with E-state index in [0.717, 1.165) is 43.9 Å². The lowest BCUT2D eigenvalue weighted by Crippen LogP contribution is -2.52. The summed E-state index contributed by atoms with van der Waals surface area (Å²) in [4.78, 5) is 4.77. The van der Waals surface area contributed by atoms with Gasteiger partial charge in [0.15, 0.2) is 0 Å². The predicted molar refractivity (Wildman–Crippen MR) is 78.3 cm³/mol. The van der Waals surface area contributed by atoms with Crippen molar-refractivity contribution in [3.8, 4) is 6.07 Å². The van der Waals surface area contributed by atoms with Gasteiger partial charge in [0.2, 0.25) is 0 Å². The van der Waals surface area contributed by atoms with Crippen LogP contribution in [0.5, 0.6) is 0 Å². The first-order valence-corrected chi connectivity index (χ1v) is 6.85. The molecule has 4 heteroatoms. The van der Waals surface area contributed by atoms with Crippen LogP contribution >= 0.6 is 0 Å². The van der Waals surface area contributed by atoms with Gasteiger partial charge < -0.3 is 10.2 Å². The van der Waals surface area contributed by atoms with E-state index < -0.39 is 0 Å². The first-order chi connectivity index (χ1) is 9.26. The topological polar surface area (TPSA) is 42.3 Å². The summed E-state index contributed by atoms with van der Waals surface area (Å²) in [7, 11) is 4.18. The van der Waals surface area contributed by atoms with E-state index in [1.54, 1.807) is 0 Å². The average Bonchev–Trinajstić information content (AvgIpc) is 2.46. The predicted octanol–water partition coefficient (Wildman–Crippen LogP) is 1.29. The van der Waals surface area contributed by atoms with Gasteiger partial charge in [0.1, 0.15) is 6.07 Å². The van der Waals surface area contributed by atoms with Gasteiger partial charge in [0.25, 0.3) is 0 Å². The minimum absolute atomic E-state index is 0.549. The Hall–Kier alpha value is -1.57. The zero-order valence-corrected chi connectivity index (χ0v) is 11.8. The van der Waals surface area contributed by atoms with Crippen molar-refractivity contribution in [1.29, 1.82) is 5.26 Å². The fourth-order valence-corrected chi connectivity index (χ4v) is 2.63. The van der Waals surface area contributed by atoms with Crippen molar-refractivity contribution in [2.45, 2.75) is 12.5 Å². The zero-order chi connectivity index (χ0) is 13.7. The van der Waals surface area contributed by atoms with E-state index in [9.17, 15) is 5.26 Å². The van der Waals surface area contributed by atoms with Gasteiger partial charge >= 0.3 is 0 Å². The third-order valence-corrected chi connectivity index (χ3v) is 3.87. The first-order valence-electron chi connectivity index (χ1n) is 6.85. The first kappa shape index (κ1) is 13.9. The minimum Gasteiger partial charge on any atom is -0.368 e. The molecule has 1 fully saturated rings. The number of likely N-dealkylation sites (N-methyl/N-ethyl adjacent to an activating group) is 1. The molecule has 0 spiro atoms. The number of hydrogen-bond acceptors (Lipinski definition) is 4. The second kappa shape index (κ2) is 6.55. The molecule has 0 amide bonds. The second-order valence-corrected chi connectivity index (χ2v) is 5.10. The Morgan fingerprint density at radius 3 is 2.89 bits per heavy atom. The molecule has 1 unspecified atom stereocenters. The molecule has 0 aromatic heterocycles. The molecule has 1 aliphatic rings. The van der Waals surface area contributed by atoms with E-state index in [4.69, 9.17) is 0 Å². The van der Waals surface area contributed by atoms with Crippen LogP contribution in [0.25, 0.3) is 0 Å². The number of nitrogens with zero attached hydrogens (tertiary/aromatic N) is 3. The molecule has 1 aromatic carbocycles. The summed E-state index contributed by atoms with van der Waals surface area (Å²) >= 11 is 0. The van der Waals surface area contributed by atoms with Crippen molar-refractivity contribution in [2.24, 2.45) is 0 Å². The van der Waals surface area contributed by atoms with Crippen LogP contribution in [0.15, 0.2) is 24.3 Å². The molecular weight excluding hydrogens is 236 g/mol. The molecule has 1 aromatic rings. The lowest BCUT2D eigenvalue weighted by Gasteiger charge is -2.41. The van der Waals surface area contributed by atoms with E-state index in [-0.39, 0.29) is 0 Å². The monoisotopic (exact) mass is 258 g/mol. The molecule has 2 rings (SSSR count). The zero-order valence-electron chi connectivity index (χ0n) is 11.8. The number of benzene rings is 1. The summed E-state index contributed by atoms with van der Waals surface area (Å²) in [5, 5.41) is 12.4. The van der Waals surface area contributed by atoms with Gasteiger partial charge in [0, 0.05) is 25.7 Å². The van der Waals surface area contributed by atoms with Crippen LogP contribution in [0.1, 0.15) is 12.0 Å². The van der Waals surface area contributed by atoms with Crippen LogP contribution in [0.3, 0.4) is 0 Å². The Kier molecular flexibility index (Phi) is 4.78. The molecule has 1 N–H and O–H groups in total. The van der Waals surface area contributed by atoms with Gasteiger partial charge in [-0.25, -0.2) is 0 Å². The van der Waals surface area contributed by atoms with E-state index in [2.05, 4.69) is 34.3 Å². The number of anilines is 1. The molecule has 102 valence electrons. The highest BCUT2D eigenvalue weighted by molar-refractivity contribution is 5.59. The summed E-state index contributed by atoms with van der Waals surface area (Å²) < 4.78 is 0. The molecule has 4 nitrogen and oxygen atoms in total. The summed E-state index contributed by atoms with van der Waals surface area (Å²) in [5.74, 6) is 0. The van der Waals surface area contributed by atoms with E-state index in [1.165, 1.54) is 0 Å². The maximum atomic E-state index is 9.21. The fourth-order valence-electron chi connectivity index (χ4n) is 2.63. The lowest BCUT2D eigenvalue weighted by molar-refractivity contribution is 0.208. The number of para-hydroxylation sites is 1. The number of rotatable bonds is 4. The molecule has 1 atom stereocenters. The van der Waals surface area contributed by atoms with Crippen molar-refractivity contribution >= 4 is 5.69 Å². The largest absolute Gasteiger partial charge is 0.368 e. The average molecular weight is 258 g/mol. The van der Waals surface area contributed by atoms with Crippen LogP contribution in [-0.4, -0.2) is 51.2 Å². The van der Waals surface area contributed by atoms with Crippen molar-refractivity contribution in [1.82, 2.24) is 10.2 Å². The summed E-state index contributed by atoms with van der Waals surface area (Å²) in [6, 6.07) is 10.7. The normalized spacial score (nSPS) is 20.3. The van der Waals surface area contributed by atoms with E-state index >= 15 is 0 Å². The van der Waals surface area contributed by atoms with Gasteiger partial charge in [-0.15, -0.1) is 0 Å². The van der Waals surface area contributed by atoms with Crippen LogP contribution in [0, 0.1) is 11.3 Å². The standard InChI is InChI=1S/C15H22N4/c1-17-8-7-14-12-19(10-9-18(14)2)15-6-4-3-5-13(15)11-16/h3-6,14,17H,7-10,12H2,1-2H3. The highest BCUT2D eigenvalue weighted by Gasteiger charge is 2.24. The van der Waals surface area contributed by atoms with Crippen molar-refractivity contribution < 1.29 is 0 Å². The van der Waals surface area contributed by atoms with Crippen molar-refractivity contribution in [3.05, 3.63) is 29.8 Å². The van der Waals surface area contributed by atoms with Crippen LogP contribution in [0.4, 0.5) is 5.69 Å². The fraction of sp³-hybridized carbons (Fsp3) is 0.533. The molecule has 1 aliphatic heterocycles. The minimum atomic E-state index is 0.549. The smallest absolute Gasteiger partial charge is 0.101 e.